The molecule has 1 aromatic carbocycles. The number of hydrogen-bond acceptors (Lipinski definition) is 2. The zero-order chi connectivity index (χ0) is 13.8. The molecule has 1 unspecified atom stereocenters. The minimum atomic E-state index is -0.421. The summed E-state index contributed by atoms with van der Waals surface area (Å²) in [5.41, 5.74) is 0.779. The van der Waals surface area contributed by atoms with E-state index in [-0.39, 0.29) is 17.4 Å². The van der Waals surface area contributed by atoms with Crippen LogP contribution in [0, 0.1) is 5.82 Å². The lowest BCUT2D eigenvalue weighted by Gasteiger charge is -2.09. The Bertz CT molecular complexity index is 557. The van der Waals surface area contributed by atoms with Gasteiger partial charge >= 0.3 is 0 Å². The van der Waals surface area contributed by atoms with Gasteiger partial charge in [-0.2, -0.15) is 0 Å². The van der Waals surface area contributed by atoms with Gasteiger partial charge in [0.1, 0.15) is 17.3 Å². The van der Waals surface area contributed by atoms with Gasteiger partial charge in [0.05, 0.1) is 11.6 Å². The summed E-state index contributed by atoms with van der Waals surface area (Å²) in [6, 6.07) is 8.82. The van der Waals surface area contributed by atoms with Crippen molar-refractivity contribution < 1.29 is 8.81 Å². The predicted molar refractivity (Wildman–Crippen MR) is 83.0 cm³/mol. The van der Waals surface area contributed by atoms with Gasteiger partial charge in [-0.25, -0.2) is 4.39 Å². The number of rotatable bonds is 5. The Morgan fingerprint density at radius 2 is 2.05 bits per heavy atom. The Labute approximate surface area is 129 Å². The maximum Gasteiger partial charge on any atom is 0.141 e. The molecular weight excluding hydrogens is 300 g/mol. The molecular formula is C15H18Cl2FNO. The quantitative estimate of drug-likeness (QED) is 0.834. The molecule has 1 aromatic heterocycles. The first kappa shape index (κ1) is 17.0. The van der Waals surface area contributed by atoms with E-state index < -0.39 is 5.82 Å². The maximum atomic E-state index is 13.1. The molecule has 0 aliphatic carbocycles. The second-order valence-corrected chi connectivity index (χ2v) is 4.99. The van der Waals surface area contributed by atoms with E-state index in [1.807, 2.05) is 12.1 Å². The van der Waals surface area contributed by atoms with E-state index >= 15 is 0 Å². The van der Waals surface area contributed by atoms with Gasteiger partial charge in [-0.15, -0.1) is 12.4 Å². The summed E-state index contributed by atoms with van der Waals surface area (Å²) in [6.45, 7) is 4.94. The molecule has 1 atom stereocenters. The van der Waals surface area contributed by atoms with Crippen molar-refractivity contribution in [3.8, 4) is 11.3 Å². The fourth-order valence-electron chi connectivity index (χ4n) is 1.70. The lowest BCUT2D eigenvalue weighted by Crippen LogP contribution is -2.24. The van der Waals surface area contributed by atoms with Crippen molar-refractivity contribution in [3.63, 3.8) is 0 Å². The molecule has 0 spiro atoms. The second-order valence-electron chi connectivity index (χ2n) is 4.59. The van der Waals surface area contributed by atoms with Crippen LogP contribution in [0.4, 0.5) is 4.39 Å². The Balaban J connectivity index is 0.00000200. The number of furan rings is 1. The Morgan fingerprint density at radius 1 is 1.30 bits per heavy atom. The van der Waals surface area contributed by atoms with Gasteiger partial charge in [-0.3, -0.25) is 0 Å². The second kappa shape index (κ2) is 7.67. The highest BCUT2D eigenvalue weighted by molar-refractivity contribution is 6.31. The molecule has 1 N–H and O–H groups in total. The fraction of sp³-hybridized carbons (Fsp3) is 0.333. The molecule has 0 radical (unpaired) electrons. The van der Waals surface area contributed by atoms with E-state index in [9.17, 15) is 4.39 Å². The van der Waals surface area contributed by atoms with E-state index in [2.05, 4.69) is 19.2 Å². The van der Waals surface area contributed by atoms with Crippen molar-refractivity contribution in [1.82, 2.24) is 5.32 Å². The number of nitrogens with one attached hydrogen (secondary N) is 1. The molecule has 0 fully saturated rings. The molecule has 0 aliphatic rings. The van der Waals surface area contributed by atoms with Crippen LogP contribution in [0.25, 0.3) is 11.3 Å². The summed E-state index contributed by atoms with van der Waals surface area (Å²) in [5, 5.41) is 3.46. The fourth-order valence-corrected chi connectivity index (χ4v) is 1.88. The SMILES string of the molecule is CCC(C)NCc1ccc(-c2ccc(F)c(Cl)c2)o1.Cl. The van der Waals surface area contributed by atoms with Crippen molar-refractivity contribution in [1.29, 1.82) is 0 Å². The van der Waals surface area contributed by atoms with E-state index in [4.69, 9.17) is 16.0 Å². The highest BCUT2D eigenvalue weighted by Crippen LogP contribution is 2.26. The zero-order valence-electron chi connectivity index (χ0n) is 11.5. The van der Waals surface area contributed by atoms with Crippen molar-refractivity contribution in [3.05, 3.63) is 46.9 Å². The van der Waals surface area contributed by atoms with Gasteiger partial charge in [-0.1, -0.05) is 18.5 Å². The van der Waals surface area contributed by atoms with Crippen LogP contribution in [0.2, 0.25) is 5.02 Å². The molecule has 0 amide bonds. The van der Waals surface area contributed by atoms with Crippen LogP contribution in [-0.4, -0.2) is 6.04 Å². The monoisotopic (exact) mass is 317 g/mol. The summed E-state index contributed by atoms with van der Waals surface area (Å²) >= 11 is 5.76. The molecule has 110 valence electrons. The van der Waals surface area contributed by atoms with Crippen molar-refractivity contribution in [2.24, 2.45) is 0 Å². The third-order valence-electron chi connectivity index (χ3n) is 3.10. The van der Waals surface area contributed by atoms with Gasteiger partial charge < -0.3 is 9.73 Å². The van der Waals surface area contributed by atoms with Crippen LogP contribution in [0.15, 0.2) is 34.7 Å². The Kier molecular flexibility index (Phi) is 6.53. The van der Waals surface area contributed by atoms with E-state index in [0.717, 1.165) is 17.7 Å². The van der Waals surface area contributed by atoms with E-state index in [1.165, 1.54) is 6.07 Å². The molecule has 2 aromatic rings. The maximum absolute atomic E-state index is 13.1. The highest BCUT2D eigenvalue weighted by atomic mass is 35.5. The first-order valence-corrected chi connectivity index (χ1v) is 6.75. The molecule has 2 rings (SSSR count). The van der Waals surface area contributed by atoms with Crippen LogP contribution < -0.4 is 5.32 Å². The predicted octanol–water partition coefficient (Wildman–Crippen LogP) is 5.05. The van der Waals surface area contributed by atoms with Gasteiger partial charge in [0.2, 0.25) is 0 Å². The molecule has 20 heavy (non-hydrogen) atoms. The lowest BCUT2D eigenvalue weighted by molar-refractivity contribution is 0.456. The molecule has 5 heteroatoms. The minimum Gasteiger partial charge on any atom is -0.460 e. The van der Waals surface area contributed by atoms with Crippen molar-refractivity contribution in [2.45, 2.75) is 32.9 Å². The first-order valence-electron chi connectivity index (χ1n) is 6.37. The van der Waals surface area contributed by atoms with Crippen LogP contribution in [0.5, 0.6) is 0 Å². The molecule has 1 heterocycles. The summed E-state index contributed by atoms with van der Waals surface area (Å²) in [4.78, 5) is 0. The van der Waals surface area contributed by atoms with Gasteiger partial charge in [0, 0.05) is 11.6 Å². The standard InChI is InChI=1S/C15H17ClFNO.ClH/c1-3-10(2)18-9-12-5-7-15(19-12)11-4-6-14(17)13(16)8-11;/h4-8,10,18H,3,9H2,1-2H3;1H. The highest BCUT2D eigenvalue weighted by Gasteiger charge is 2.08. The largest absolute Gasteiger partial charge is 0.460 e. The smallest absolute Gasteiger partial charge is 0.141 e. The zero-order valence-corrected chi connectivity index (χ0v) is 13.0. The van der Waals surface area contributed by atoms with Crippen molar-refractivity contribution >= 4 is 24.0 Å². The number of halogens is 3. The first-order chi connectivity index (χ1) is 9.10. The summed E-state index contributed by atoms with van der Waals surface area (Å²) in [7, 11) is 0. The number of benzene rings is 1. The van der Waals surface area contributed by atoms with E-state index in [0.29, 0.717) is 18.3 Å². The third-order valence-corrected chi connectivity index (χ3v) is 3.39. The summed E-state index contributed by atoms with van der Waals surface area (Å²) in [6.07, 6.45) is 1.07. The minimum absolute atomic E-state index is 0. The molecule has 0 saturated carbocycles. The number of hydrogen-bond donors (Lipinski definition) is 1. The van der Waals surface area contributed by atoms with E-state index in [1.54, 1.807) is 12.1 Å². The molecule has 0 bridgehead atoms. The average molecular weight is 318 g/mol. The lowest BCUT2D eigenvalue weighted by atomic mass is 10.2. The van der Waals surface area contributed by atoms with Crippen LogP contribution >= 0.6 is 24.0 Å². The Hall–Kier alpha value is -1.03. The third kappa shape index (κ3) is 4.23. The average Bonchev–Trinajstić information content (AvgIpc) is 2.88. The van der Waals surface area contributed by atoms with Gasteiger partial charge in [0.15, 0.2) is 0 Å². The topological polar surface area (TPSA) is 25.2 Å². The molecule has 0 saturated heterocycles. The molecule has 0 aliphatic heterocycles. The Morgan fingerprint density at radius 3 is 2.70 bits per heavy atom. The molecule has 2 nitrogen and oxygen atoms in total. The van der Waals surface area contributed by atoms with Crippen LogP contribution in [0.3, 0.4) is 0 Å². The van der Waals surface area contributed by atoms with Crippen molar-refractivity contribution in [2.75, 3.05) is 0 Å². The summed E-state index contributed by atoms with van der Waals surface area (Å²) in [5.74, 6) is 1.13. The van der Waals surface area contributed by atoms with Gasteiger partial charge in [0.25, 0.3) is 0 Å². The van der Waals surface area contributed by atoms with Crippen LogP contribution in [0.1, 0.15) is 26.0 Å². The summed E-state index contributed by atoms with van der Waals surface area (Å²) < 4.78 is 18.8. The van der Waals surface area contributed by atoms with Crippen LogP contribution in [-0.2, 0) is 6.54 Å². The normalized spacial score (nSPS) is 12.0. The van der Waals surface area contributed by atoms with Gasteiger partial charge in [-0.05, 0) is 43.7 Å².